The third kappa shape index (κ3) is 2.00. The highest BCUT2D eigenvalue weighted by molar-refractivity contribution is 7.95. The van der Waals surface area contributed by atoms with Crippen LogP contribution in [0.1, 0.15) is 11.1 Å². The van der Waals surface area contributed by atoms with Crippen LogP contribution in [0, 0.1) is 25.2 Å². The van der Waals surface area contributed by atoms with Gasteiger partial charge in [-0.15, -0.1) is 0 Å². The van der Waals surface area contributed by atoms with Crippen molar-refractivity contribution < 1.29 is 8.42 Å². The summed E-state index contributed by atoms with van der Waals surface area (Å²) in [6, 6.07) is 14.4. The lowest BCUT2D eigenvalue weighted by molar-refractivity contribution is 0.602. The van der Waals surface area contributed by atoms with Gasteiger partial charge in [0.15, 0.2) is 4.91 Å². The molecule has 0 atom stereocenters. The molecule has 0 saturated carbocycles. The van der Waals surface area contributed by atoms with Crippen LogP contribution in [0.4, 0.5) is 11.4 Å². The van der Waals surface area contributed by atoms with Gasteiger partial charge in [-0.1, -0.05) is 24.3 Å². The molecule has 1 heterocycles. The van der Waals surface area contributed by atoms with Crippen LogP contribution < -0.4 is 4.90 Å². The van der Waals surface area contributed by atoms with Gasteiger partial charge in [-0.25, -0.2) is 8.42 Å². The summed E-state index contributed by atoms with van der Waals surface area (Å²) in [5.74, 6) is 0. The van der Waals surface area contributed by atoms with Crippen LogP contribution in [0.5, 0.6) is 0 Å². The van der Waals surface area contributed by atoms with E-state index in [1.165, 1.54) is 12.3 Å². The second kappa shape index (κ2) is 5.00. The molecule has 0 aliphatic carbocycles. The zero-order chi connectivity index (χ0) is 15.9. The lowest BCUT2D eigenvalue weighted by atomic mass is 10.1. The number of nitrogens with zero attached hydrogens (tertiary/aromatic N) is 2. The molecular formula is C17H14N2O2S. The molecule has 3 rings (SSSR count). The third-order valence-electron chi connectivity index (χ3n) is 3.90. The molecule has 0 N–H and O–H groups in total. The zero-order valence-electron chi connectivity index (χ0n) is 12.2. The number of fused-ring (bicyclic) bond motifs is 1. The zero-order valence-corrected chi connectivity index (χ0v) is 13.1. The maximum atomic E-state index is 12.4. The van der Waals surface area contributed by atoms with E-state index in [2.05, 4.69) is 0 Å². The molecule has 0 radical (unpaired) electrons. The van der Waals surface area contributed by atoms with Gasteiger partial charge in [-0.2, -0.15) is 5.26 Å². The molecule has 0 saturated heterocycles. The Kier molecular flexibility index (Phi) is 3.27. The first-order valence-corrected chi connectivity index (χ1v) is 8.26. The molecule has 0 unspecified atom stereocenters. The van der Waals surface area contributed by atoms with Gasteiger partial charge >= 0.3 is 0 Å². The van der Waals surface area contributed by atoms with Crippen molar-refractivity contribution in [1.82, 2.24) is 0 Å². The lowest BCUT2D eigenvalue weighted by Crippen LogP contribution is -2.21. The summed E-state index contributed by atoms with van der Waals surface area (Å²) in [4.78, 5) is 1.69. The normalized spacial score (nSPS) is 15.7. The van der Waals surface area contributed by atoms with Gasteiger partial charge in [0.25, 0.3) is 0 Å². The fourth-order valence-electron chi connectivity index (χ4n) is 2.54. The average molecular weight is 310 g/mol. The van der Waals surface area contributed by atoms with Crippen LogP contribution in [0.25, 0.3) is 0 Å². The number of hydrogen-bond acceptors (Lipinski definition) is 4. The van der Waals surface area contributed by atoms with Gasteiger partial charge in [-0.05, 0) is 43.2 Å². The first-order valence-electron chi connectivity index (χ1n) is 6.78. The first kappa shape index (κ1) is 14.4. The Balaban J connectivity index is 2.33. The van der Waals surface area contributed by atoms with Crippen molar-refractivity contribution in [3.8, 4) is 6.07 Å². The summed E-state index contributed by atoms with van der Waals surface area (Å²) in [7, 11) is -3.74. The maximum Gasteiger partial charge on any atom is 0.220 e. The van der Waals surface area contributed by atoms with Crippen LogP contribution in [-0.4, -0.2) is 8.42 Å². The van der Waals surface area contributed by atoms with E-state index in [1.807, 2.05) is 32.0 Å². The summed E-state index contributed by atoms with van der Waals surface area (Å²) < 4.78 is 24.9. The highest BCUT2D eigenvalue weighted by Gasteiger charge is 2.32. The number of nitriles is 1. The molecular weight excluding hydrogens is 296 g/mol. The van der Waals surface area contributed by atoms with Crippen molar-refractivity contribution in [2.75, 3.05) is 4.90 Å². The standard InChI is InChI=1S/C17H14N2O2S/c1-12-6-5-8-15(13(12)2)19-11-14(10-18)22(20,21)17-9-4-3-7-16(17)19/h3-9,11H,1-2H3. The van der Waals surface area contributed by atoms with E-state index in [1.54, 1.807) is 29.2 Å². The number of sulfone groups is 1. The number of allylic oxidation sites excluding steroid dienone is 1. The predicted octanol–water partition coefficient (Wildman–Crippen LogP) is 3.59. The number of aryl methyl sites for hydroxylation is 1. The molecule has 110 valence electrons. The van der Waals surface area contributed by atoms with E-state index in [0.717, 1.165) is 16.8 Å². The van der Waals surface area contributed by atoms with E-state index >= 15 is 0 Å². The molecule has 2 aromatic rings. The van der Waals surface area contributed by atoms with E-state index in [9.17, 15) is 13.7 Å². The molecule has 0 bridgehead atoms. The Labute approximate surface area is 129 Å². The summed E-state index contributed by atoms with van der Waals surface area (Å²) in [6.45, 7) is 3.98. The van der Waals surface area contributed by atoms with Crippen LogP contribution in [-0.2, 0) is 9.84 Å². The molecule has 22 heavy (non-hydrogen) atoms. The predicted molar refractivity (Wildman–Crippen MR) is 85.4 cm³/mol. The van der Waals surface area contributed by atoms with Crippen molar-refractivity contribution in [3.63, 3.8) is 0 Å². The molecule has 5 heteroatoms. The number of hydrogen-bond donors (Lipinski definition) is 0. The van der Waals surface area contributed by atoms with Crippen LogP contribution >= 0.6 is 0 Å². The minimum Gasteiger partial charge on any atom is -0.314 e. The van der Waals surface area contributed by atoms with Gasteiger partial charge in [0, 0.05) is 11.9 Å². The summed E-state index contributed by atoms with van der Waals surface area (Å²) >= 11 is 0. The summed E-state index contributed by atoms with van der Waals surface area (Å²) in [5.41, 5.74) is 3.59. The smallest absolute Gasteiger partial charge is 0.220 e. The van der Waals surface area contributed by atoms with Gasteiger partial charge in [0.1, 0.15) is 6.07 Å². The Bertz CT molecular complexity index is 937. The number of para-hydroxylation sites is 1. The summed E-state index contributed by atoms with van der Waals surface area (Å²) in [5, 5.41) is 9.22. The second-order valence-electron chi connectivity index (χ2n) is 5.17. The molecule has 0 aromatic heterocycles. The van der Waals surface area contributed by atoms with Crippen molar-refractivity contribution >= 4 is 21.2 Å². The van der Waals surface area contributed by atoms with E-state index in [4.69, 9.17) is 0 Å². The topological polar surface area (TPSA) is 61.2 Å². The van der Waals surface area contributed by atoms with E-state index in [-0.39, 0.29) is 9.80 Å². The van der Waals surface area contributed by atoms with Crippen LogP contribution in [0.3, 0.4) is 0 Å². The number of rotatable bonds is 1. The highest BCUT2D eigenvalue weighted by Crippen LogP contribution is 2.40. The fourth-order valence-corrected chi connectivity index (χ4v) is 3.84. The Morgan fingerprint density at radius 3 is 2.41 bits per heavy atom. The van der Waals surface area contributed by atoms with Crippen molar-refractivity contribution in [3.05, 3.63) is 64.7 Å². The molecule has 4 nitrogen and oxygen atoms in total. The van der Waals surface area contributed by atoms with Crippen molar-refractivity contribution in [2.24, 2.45) is 0 Å². The SMILES string of the molecule is Cc1cccc(N2C=C(C#N)S(=O)(=O)c3ccccc32)c1C. The maximum absolute atomic E-state index is 12.4. The second-order valence-corrected chi connectivity index (χ2v) is 7.05. The lowest BCUT2D eigenvalue weighted by Gasteiger charge is -2.29. The third-order valence-corrected chi connectivity index (χ3v) is 5.60. The number of anilines is 2. The molecule has 1 aliphatic rings. The number of benzene rings is 2. The van der Waals surface area contributed by atoms with Gasteiger partial charge in [0.2, 0.25) is 9.84 Å². The molecule has 0 amide bonds. The van der Waals surface area contributed by atoms with Crippen LogP contribution in [0.15, 0.2) is 58.5 Å². The molecule has 1 aliphatic heterocycles. The fraction of sp³-hybridized carbons (Fsp3) is 0.118. The monoisotopic (exact) mass is 310 g/mol. The quantitative estimate of drug-likeness (QED) is 0.807. The Morgan fingerprint density at radius 1 is 1.00 bits per heavy atom. The molecule has 0 fully saturated rings. The molecule has 0 spiro atoms. The van der Waals surface area contributed by atoms with Crippen molar-refractivity contribution in [2.45, 2.75) is 18.7 Å². The highest BCUT2D eigenvalue weighted by atomic mass is 32.2. The van der Waals surface area contributed by atoms with E-state index in [0.29, 0.717) is 5.69 Å². The summed E-state index contributed by atoms with van der Waals surface area (Å²) in [6.07, 6.45) is 1.40. The van der Waals surface area contributed by atoms with Gasteiger partial charge in [-0.3, -0.25) is 0 Å². The Hall–Kier alpha value is -2.58. The first-order chi connectivity index (χ1) is 10.5. The minimum absolute atomic E-state index is 0.162. The van der Waals surface area contributed by atoms with Gasteiger partial charge < -0.3 is 4.90 Å². The van der Waals surface area contributed by atoms with Gasteiger partial charge in [0.05, 0.1) is 10.6 Å². The van der Waals surface area contributed by atoms with Crippen molar-refractivity contribution in [1.29, 1.82) is 5.26 Å². The Morgan fingerprint density at radius 2 is 1.68 bits per heavy atom. The largest absolute Gasteiger partial charge is 0.314 e. The average Bonchev–Trinajstić information content (AvgIpc) is 2.51. The molecule has 2 aromatic carbocycles. The minimum atomic E-state index is -3.74. The van der Waals surface area contributed by atoms with E-state index < -0.39 is 9.84 Å². The van der Waals surface area contributed by atoms with Crippen LogP contribution in [0.2, 0.25) is 0 Å².